The summed E-state index contributed by atoms with van der Waals surface area (Å²) in [5, 5.41) is 0.210. The molecule has 2 amide bonds. The van der Waals surface area contributed by atoms with E-state index in [1.807, 2.05) is 6.92 Å². The molecule has 1 aromatic heterocycles. The van der Waals surface area contributed by atoms with E-state index in [1.165, 1.54) is 30.5 Å². The molecule has 2 N–H and O–H groups in total. The number of hydrogen-bond acceptors (Lipinski definition) is 4. The van der Waals surface area contributed by atoms with Gasteiger partial charge in [0.05, 0.1) is 5.02 Å². The van der Waals surface area contributed by atoms with Gasteiger partial charge in [-0.15, -0.1) is 0 Å². The Kier molecular flexibility index (Phi) is 5.84. The Morgan fingerprint density at radius 2 is 2.11 bits per heavy atom. The van der Waals surface area contributed by atoms with Crippen molar-refractivity contribution < 1.29 is 14.0 Å². The maximum Gasteiger partial charge on any atom is 0.254 e. The number of pyridine rings is 1. The molecule has 1 aliphatic rings. The summed E-state index contributed by atoms with van der Waals surface area (Å²) in [6, 6.07) is 5.14. The van der Waals surface area contributed by atoms with Gasteiger partial charge in [0, 0.05) is 43.0 Å². The van der Waals surface area contributed by atoms with Crippen molar-refractivity contribution in [3.8, 4) is 11.1 Å². The monoisotopic (exact) mass is 404 g/mol. The Morgan fingerprint density at radius 3 is 2.79 bits per heavy atom. The fourth-order valence-corrected chi connectivity index (χ4v) is 3.51. The number of carbonyl (C=O) groups excluding carboxylic acids is 2. The van der Waals surface area contributed by atoms with Gasteiger partial charge in [-0.3, -0.25) is 9.59 Å². The van der Waals surface area contributed by atoms with E-state index >= 15 is 0 Å². The Labute approximate surface area is 168 Å². The topological polar surface area (TPSA) is 79.5 Å². The first-order valence-electron chi connectivity index (χ1n) is 9.10. The summed E-state index contributed by atoms with van der Waals surface area (Å²) in [6.07, 6.45) is 2.77. The van der Waals surface area contributed by atoms with Crippen molar-refractivity contribution in [3.63, 3.8) is 0 Å². The van der Waals surface area contributed by atoms with Gasteiger partial charge in [-0.25, -0.2) is 9.37 Å². The summed E-state index contributed by atoms with van der Waals surface area (Å²) < 4.78 is 14.4. The smallest absolute Gasteiger partial charge is 0.254 e. The highest BCUT2D eigenvalue weighted by Gasteiger charge is 2.35. The molecule has 1 aromatic carbocycles. The number of piperazine rings is 1. The van der Waals surface area contributed by atoms with Gasteiger partial charge in [-0.1, -0.05) is 24.9 Å². The lowest BCUT2D eigenvalue weighted by Crippen LogP contribution is -2.57. The SMILES string of the molecule is CCCC1C(=O)N(C)CCN1C(=O)c1ccc(F)c(-c2cnc(N)c(Cl)c2)c1. The number of nitrogens with two attached hydrogens (primary N) is 1. The number of carbonyl (C=O) groups is 2. The van der Waals surface area contributed by atoms with Gasteiger partial charge in [0.2, 0.25) is 5.91 Å². The zero-order valence-corrected chi connectivity index (χ0v) is 16.5. The molecule has 1 aliphatic heterocycles. The molecule has 1 unspecified atom stereocenters. The molecule has 0 spiro atoms. The van der Waals surface area contributed by atoms with Crippen molar-refractivity contribution in [2.75, 3.05) is 25.9 Å². The van der Waals surface area contributed by atoms with Gasteiger partial charge < -0.3 is 15.5 Å². The number of halogens is 2. The number of likely N-dealkylation sites (N-methyl/N-ethyl adjacent to an activating group) is 1. The molecule has 1 fully saturated rings. The fourth-order valence-electron chi connectivity index (χ4n) is 3.35. The molecule has 3 rings (SSSR count). The van der Waals surface area contributed by atoms with Crippen molar-refractivity contribution in [2.45, 2.75) is 25.8 Å². The summed E-state index contributed by atoms with van der Waals surface area (Å²) >= 11 is 6.00. The molecule has 1 atom stereocenters. The minimum Gasteiger partial charge on any atom is -0.382 e. The van der Waals surface area contributed by atoms with Crippen LogP contribution in [-0.2, 0) is 4.79 Å². The minimum atomic E-state index is -0.502. The lowest BCUT2D eigenvalue weighted by molar-refractivity contribution is -0.138. The summed E-state index contributed by atoms with van der Waals surface area (Å²) in [5.74, 6) is -0.718. The van der Waals surface area contributed by atoms with Crippen LogP contribution in [0.25, 0.3) is 11.1 Å². The Bertz CT molecular complexity index is 921. The van der Waals surface area contributed by atoms with Crippen molar-refractivity contribution in [2.24, 2.45) is 0 Å². The Balaban J connectivity index is 1.96. The van der Waals surface area contributed by atoms with Gasteiger partial charge in [-0.05, 0) is 30.7 Å². The molecule has 2 aromatic rings. The van der Waals surface area contributed by atoms with Gasteiger partial charge in [0.1, 0.15) is 17.7 Å². The van der Waals surface area contributed by atoms with Crippen LogP contribution in [0.15, 0.2) is 30.5 Å². The van der Waals surface area contributed by atoms with Crippen LogP contribution in [-0.4, -0.2) is 52.8 Å². The number of nitrogen functional groups attached to an aromatic ring is 1. The quantitative estimate of drug-likeness (QED) is 0.848. The second-order valence-electron chi connectivity index (χ2n) is 6.85. The third kappa shape index (κ3) is 3.80. The fraction of sp³-hybridized carbons (Fsp3) is 0.350. The average Bonchev–Trinajstić information content (AvgIpc) is 2.68. The first kappa shape index (κ1) is 20.1. The molecular weight excluding hydrogens is 383 g/mol. The van der Waals surface area contributed by atoms with Crippen LogP contribution in [0.4, 0.5) is 10.2 Å². The van der Waals surface area contributed by atoms with Crippen molar-refractivity contribution in [3.05, 3.63) is 46.9 Å². The zero-order valence-electron chi connectivity index (χ0n) is 15.8. The molecule has 28 heavy (non-hydrogen) atoms. The number of nitrogens with zero attached hydrogens (tertiary/aromatic N) is 3. The highest BCUT2D eigenvalue weighted by Crippen LogP contribution is 2.29. The van der Waals surface area contributed by atoms with Crippen LogP contribution >= 0.6 is 11.6 Å². The van der Waals surface area contributed by atoms with Crippen LogP contribution in [0, 0.1) is 5.82 Å². The molecule has 2 heterocycles. The standard InChI is InChI=1S/C20H22ClFN4O2/c1-3-4-17-20(28)25(2)7-8-26(17)19(27)12-5-6-16(22)14(9-12)13-10-15(21)18(23)24-11-13/h5-6,9-11,17H,3-4,7-8H2,1-2H3,(H2,23,24). The average molecular weight is 405 g/mol. The van der Waals surface area contributed by atoms with E-state index in [0.717, 1.165) is 6.42 Å². The summed E-state index contributed by atoms with van der Waals surface area (Å²) in [4.78, 5) is 32.8. The normalized spacial score (nSPS) is 17.1. The molecule has 8 heteroatoms. The molecule has 0 aliphatic carbocycles. The minimum absolute atomic E-state index is 0.0710. The summed E-state index contributed by atoms with van der Waals surface area (Å²) in [7, 11) is 1.74. The van der Waals surface area contributed by atoms with Crippen LogP contribution in [0.1, 0.15) is 30.1 Å². The predicted molar refractivity (Wildman–Crippen MR) is 106 cm³/mol. The summed E-state index contributed by atoms with van der Waals surface area (Å²) in [5.41, 5.74) is 6.55. The second-order valence-corrected chi connectivity index (χ2v) is 7.26. The van der Waals surface area contributed by atoms with E-state index in [9.17, 15) is 14.0 Å². The van der Waals surface area contributed by atoms with Crippen molar-refractivity contribution in [1.82, 2.24) is 14.8 Å². The van der Waals surface area contributed by atoms with Crippen LogP contribution in [0.3, 0.4) is 0 Å². The van der Waals surface area contributed by atoms with Gasteiger partial charge in [-0.2, -0.15) is 0 Å². The van der Waals surface area contributed by atoms with Gasteiger partial charge in [0.25, 0.3) is 5.91 Å². The molecule has 148 valence electrons. The van der Waals surface area contributed by atoms with E-state index in [-0.39, 0.29) is 28.2 Å². The zero-order chi connectivity index (χ0) is 20.4. The van der Waals surface area contributed by atoms with Crippen LogP contribution in [0.2, 0.25) is 5.02 Å². The van der Waals surface area contributed by atoms with Crippen molar-refractivity contribution >= 4 is 29.2 Å². The molecule has 0 saturated carbocycles. The first-order valence-corrected chi connectivity index (χ1v) is 9.48. The molecular formula is C20H22ClFN4O2. The molecule has 0 bridgehead atoms. The molecule has 1 saturated heterocycles. The van der Waals surface area contributed by atoms with E-state index < -0.39 is 11.9 Å². The summed E-state index contributed by atoms with van der Waals surface area (Å²) in [6.45, 7) is 2.88. The largest absolute Gasteiger partial charge is 0.382 e. The number of benzene rings is 1. The lowest BCUT2D eigenvalue weighted by Gasteiger charge is -2.39. The number of aromatic nitrogens is 1. The second kappa shape index (κ2) is 8.14. The maximum atomic E-state index is 14.4. The number of amides is 2. The van der Waals surface area contributed by atoms with Crippen molar-refractivity contribution in [1.29, 1.82) is 0 Å². The number of rotatable bonds is 4. The van der Waals surface area contributed by atoms with Crippen LogP contribution < -0.4 is 5.73 Å². The maximum absolute atomic E-state index is 14.4. The Morgan fingerprint density at radius 1 is 1.36 bits per heavy atom. The van der Waals surface area contributed by atoms with E-state index in [2.05, 4.69) is 4.98 Å². The van der Waals surface area contributed by atoms with E-state index in [1.54, 1.807) is 16.8 Å². The predicted octanol–water partition coefficient (Wildman–Crippen LogP) is 3.21. The van der Waals surface area contributed by atoms with Gasteiger partial charge in [0.15, 0.2) is 0 Å². The highest BCUT2D eigenvalue weighted by atomic mass is 35.5. The molecule has 0 radical (unpaired) electrons. The first-order chi connectivity index (χ1) is 13.3. The molecule has 6 nitrogen and oxygen atoms in total. The highest BCUT2D eigenvalue weighted by molar-refractivity contribution is 6.33. The number of anilines is 1. The van der Waals surface area contributed by atoms with Gasteiger partial charge >= 0.3 is 0 Å². The van der Waals surface area contributed by atoms with E-state index in [0.29, 0.717) is 30.6 Å². The lowest BCUT2D eigenvalue weighted by atomic mass is 10.0. The third-order valence-corrected chi connectivity index (χ3v) is 5.23. The third-order valence-electron chi connectivity index (χ3n) is 4.93. The number of hydrogen-bond donors (Lipinski definition) is 1. The van der Waals surface area contributed by atoms with Crippen LogP contribution in [0.5, 0.6) is 0 Å². The van der Waals surface area contributed by atoms with E-state index in [4.69, 9.17) is 17.3 Å². The Hall–Kier alpha value is -2.67.